The van der Waals surface area contributed by atoms with Gasteiger partial charge in [0.25, 0.3) is 5.91 Å². The van der Waals surface area contributed by atoms with Gasteiger partial charge in [0, 0.05) is 11.1 Å². The average molecular weight is 362 g/mol. The van der Waals surface area contributed by atoms with Crippen molar-refractivity contribution in [3.63, 3.8) is 0 Å². The molecule has 6 heteroatoms. The Morgan fingerprint density at radius 3 is 2.52 bits per heavy atom. The second-order valence-corrected chi connectivity index (χ2v) is 6.03. The fourth-order valence-electron chi connectivity index (χ4n) is 2.71. The molecule has 27 heavy (non-hydrogen) atoms. The molecule has 0 bridgehead atoms. The quantitative estimate of drug-likeness (QED) is 0.515. The van der Waals surface area contributed by atoms with E-state index in [-0.39, 0.29) is 5.91 Å². The van der Waals surface area contributed by atoms with Crippen LogP contribution in [0.25, 0.3) is 11.3 Å². The number of hydrazone groups is 1. The highest BCUT2D eigenvalue weighted by Gasteiger charge is 2.16. The minimum atomic E-state index is -0.326. The molecule has 0 fully saturated rings. The smallest absolute Gasteiger partial charge is 0.289 e. The highest BCUT2D eigenvalue weighted by Crippen LogP contribution is 2.22. The first-order chi connectivity index (χ1) is 13.1. The molecule has 3 aromatic rings. The number of carbonyl (C=O) groups is 1. The Balaban J connectivity index is 1.72. The van der Waals surface area contributed by atoms with E-state index in [4.69, 9.17) is 4.74 Å². The molecule has 0 spiro atoms. The highest BCUT2D eigenvalue weighted by molar-refractivity contribution is 6.01. The molecule has 0 saturated carbocycles. The Kier molecular flexibility index (Phi) is 5.66. The number of H-pyrrole nitrogens is 1. The van der Waals surface area contributed by atoms with E-state index in [1.54, 1.807) is 0 Å². The number of nitrogens with zero attached hydrogens (tertiary/aromatic N) is 2. The zero-order valence-corrected chi connectivity index (χ0v) is 15.6. The lowest BCUT2D eigenvalue weighted by Gasteiger charge is -2.05. The van der Waals surface area contributed by atoms with Crippen LogP contribution in [0.1, 0.15) is 35.5 Å². The van der Waals surface area contributed by atoms with Crippen LogP contribution in [0, 0.1) is 6.92 Å². The van der Waals surface area contributed by atoms with Crippen LogP contribution in [-0.4, -0.2) is 28.4 Å². The predicted molar refractivity (Wildman–Crippen MR) is 106 cm³/mol. The molecule has 0 aliphatic carbocycles. The molecule has 0 atom stereocenters. The molecule has 1 amide bonds. The van der Waals surface area contributed by atoms with E-state index in [1.165, 1.54) is 0 Å². The molecule has 1 heterocycles. The summed E-state index contributed by atoms with van der Waals surface area (Å²) in [4.78, 5) is 12.5. The summed E-state index contributed by atoms with van der Waals surface area (Å²) in [5.74, 6) is 0.479. The molecule has 3 rings (SSSR count). The van der Waals surface area contributed by atoms with Crippen LogP contribution >= 0.6 is 0 Å². The molecule has 0 aliphatic rings. The minimum Gasteiger partial charge on any atom is -0.494 e. The predicted octanol–water partition coefficient (Wildman–Crippen LogP) is 3.94. The van der Waals surface area contributed by atoms with Crippen molar-refractivity contribution in [1.82, 2.24) is 15.6 Å². The number of hydrogen-bond donors (Lipinski definition) is 2. The van der Waals surface area contributed by atoms with Gasteiger partial charge < -0.3 is 4.74 Å². The normalized spacial score (nSPS) is 11.3. The monoisotopic (exact) mass is 362 g/mol. The number of aromatic nitrogens is 2. The summed E-state index contributed by atoms with van der Waals surface area (Å²) in [7, 11) is 0. The lowest BCUT2D eigenvalue weighted by atomic mass is 10.1. The first-order valence-electron chi connectivity index (χ1n) is 8.78. The standard InChI is InChI=1S/C21H22N4O2/c1-4-27-18-12-10-16(11-13-18)15(3)22-25-21(26)20-14(2)19(23-24-20)17-8-6-5-7-9-17/h5-13H,4H2,1-3H3,(H,23,24)(H,25,26)/b22-15+. The number of hydrogen-bond acceptors (Lipinski definition) is 4. The van der Waals surface area contributed by atoms with Crippen LogP contribution in [-0.2, 0) is 0 Å². The van der Waals surface area contributed by atoms with E-state index in [9.17, 15) is 4.79 Å². The second kappa shape index (κ2) is 8.31. The van der Waals surface area contributed by atoms with Crippen molar-refractivity contribution in [2.75, 3.05) is 6.61 Å². The van der Waals surface area contributed by atoms with Crippen LogP contribution in [0.4, 0.5) is 0 Å². The van der Waals surface area contributed by atoms with Gasteiger partial charge in [0.05, 0.1) is 18.0 Å². The first-order valence-corrected chi connectivity index (χ1v) is 8.78. The van der Waals surface area contributed by atoms with Crippen molar-refractivity contribution in [3.05, 3.63) is 71.4 Å². The minimum absolute atomic E-state index is 0.326. The van der Waals surface area contributed by atoms with Gasteiger partial charge in [-0.15, -0.1) is 0 Å². The van der Waals surface area contributed by atoms with Gasteiger partial charge in [-0.05, 0) is 50.6 Å². The topological polar surface area (TPSA) is 79.4 Å². The van der Waals surface area contributed by atoms with Gasteiger partial charge >= 0.3 is 0 Å². The lowest BCUT2D eigenvalue weighted by Crippen LogP contribution is -2.20. The molecular weight excluding hydrogens is 340 g/mol. The van der Waals surface area contributed by atoms with Crippen molar-refractivity contribution in [1.29, 1.82) is 0 Å². The largest absolute Gasteiger partial charge is 0.494 e. The fourth-order valence-corrected chi connectivity index (χ4v) is 2.71. The zero-order valence-electron chi connectivity index (χ0n) is 15.6. The van der Waals surface area contributed by atoms with Gasteiger partial charge in [0.2, 0.25) is 0 Å². The lowest BCUT2D eigenvalue weighted by molar-refractivity contribution is 0.0949. The number of nitrogens with one attached hydrogen (secondary N) is 2. The van der Waals surface area contributed by atoms with Crippen molar-refractivity contribution in [2.45, 2.75) is 20.8 Å². The Hall–Kier alpha value is -3.41. The first kappa shape index (κ1) is 18.4. The third-order valence-corrected chi connectivity index (χ3v) is 4.19. The van der Waals surface area contributed by atoms with Crippen LogP contribution in [0.3, 0.4) is 0 Å². The maximum atomic E-state index is 12.5. The molecule has 2 N–H and O–H groups in total. The van der Waals surface area contributed by atoms with Crippen molar-refractivity contribution in [3.8, 4) is 17.0 Å². The third kappa shape index (κ3) is 4.23. The van der Waals surface area contributed by atoms with Gasteiger partial charge in [-0.25, -0.2) is 5.43 Å². The number of ether oxygens (including phenoxy) is 1. The Morgan fingerprint density at radius 1 is 1.15 bits per heavy atom. The van der Waals surface area contributed by atoms with Crippen molar-refractivity contribution >= 4 is 11.6 Å². The summed E-state index contributed by atoms with van der Waals surface area (Å²) in [6.07, 6.45) is 0. The van der Waals surface area contributed by atoms with Crippen LogP contribution < -0.4 is 10.2 Å². The van der Waals surface area contributed by atoms with E-state index in [0.29, 0.717) is 18.0 Å². The Morgan fingerprint density at radius 2 is 1.85 bits per heavy atom. The van der Waals surface area contributed by atoms with E-state index >= 15 is 0 Å². The Bertz CT molecular complexity index is 944. The molecule has 138 valence electrons. The number of aromatic amines is 1. The summed E-state index contributed by atoms with van der Waals surface area (Å²) < 4.78 is 5.43. The van der Waals surface area contributed by atoms with Gasteiger partial charge in [0.1, 0.15) is 11.4 Å². The number of rotatable bonds is 6. The SMILES string of the molecule is CCOc1ccc(/C(C)=N/NC(=O)c2[nH]nc(-c3ccccc3)c2C)cc1. The van der Waals surface area contributed by atoms with Crippen molar-refractivity contribution < 1.29 is 9.53 Å². The summed E-state index contributed by atoms with van der Waals surface area (Å²) in [5.41, 5.74) is 7.10. The fraction of sp³-hybridized carbons (Fsp3) is 0.190. The maximum absolute atomic E-state index is 12.5. The van der Waals surface area contributed by atoms with Crippen LogP contribution in [0.2, 0.25) is 0 Å². The number of amides is 1. The molecule has 2 aromatic carbocycles. The van der Waals surface area contributed by atoms with Gasteiger partial charge in [-0.2, -0.15) is 10.2 Å². The zero-order chi connectivity index (χ0) is 19.2. The van der Waals surface area contributed by atoms with Gasteiger partial charge in [-0.1, -0.05) is 30.3 Å². The summed E-state index contributed by atoms with van der Waals surface area (Å²) >= 11 is 0. The van der Waals surface area contributed by atoms with Gasteiger partial charge in [0.15, 0.2) is 0 Å². The Labute approximate surface area is 158 Å². The molecule has 1 aromatic heterocycles. The molecule has 0 saturated heterocycles. The van der Waals surface area contributed by atoms with Crippen molar-refractivity contribution in [2.24, 2.45) is 5.10 Å². The third-order valence-electron chi connectivity index (χ3n) is 4.19. The van der Waals surface area contributed by atoms with E-state index in [0.717, 1.165) is 28.1 Å². The molecule has 0 unspecified atom stereocenters. The molecular formula is C21H22N4O2. The summed E-state index contributed by atoms with van der Waals surface area (Å²) in [6, 6.07) is 17.3. The summed E-state index contributed by atoms with van der Waals surface area (Å²) in [6.45, 7) is 6.27. The average Bonchev–Trinajstić information content (AvgIpc) is 3.09. The molecule has 6 nitrogen and oxygen atoms in total. The van der Waals surface area contributed by atoms with Gasteiger partial charge in [-0.3, -0.25) is 9.89 Å². The summed E-state index contributed by atoms with van der Waals surface area (Å²) in [5, 5.41) is 11.3. The van der Waals surface area contributed by atoms with E-state index in [2.05, 4.69) is 20.7 Å². The molecule has 0 radical (unpaired) electrons. The second-order valence-electron chi connectivity index (χ2n) is 6.03. The number of carbonyl (C=O) groups excluding carboxylic acids is 1. The number of benzene rings is 2. The maximum Gasteiger partial charge on any atom is 0.289 e. The van der Waals surface area contributed by atoms with Crippen LogP contribution in [0.15, 0.2) is 59.7 Å². The molecule has 0 aliphatic heterocycles. The van der Waals surface area contributed by atoms with Crippen LogP contribution in [0.5, 0.6) is 5.75 Å². The van der Waals surface area contributed by atoms with E-state index < -0.39 is 0 Å². The highest BCUT2D eigenvalue weighted by atomic mass is 16.5. The van der Waals surface area contributed by atoms with E-state index in [1.807, 2.05) is 75.4 Å².